The van der Waals surface area contributed by atoms with Crippen LogP contribution in [0.5, 0.6) is 11.5 Å². The largest absolute Gasteiger partial charge is 0.507 e. The number of aromatic hydroxyl groups is 1. The van der Waals surface area contributed by atoms with Gasteiger partial charge in [-0.1, -0.05) is 40.2 Å². The summed E-state index contributed by atoms with van der Waals surface area (Å²) in [4.78, 5) is 12.9. The first-order valence-corrected chi connectivity index (χ1v) is 9.10. The van der Waals surface area contributed by atoms with E-state index in [0.717, 1.165) is 22.5 Å². The van der Waals surface area contributed by atoms with Crippen molar-refractivity contribution < 1.29 is 14.3 Å². The molecule has 0 aliphatic rings. The first-order chi connectivity index (χ1) is 12.2. The zero-order valence-electron chi connectivity index (χ0n) is 13.3. The third-order valence-electron chi connectivity index (χ3n) is 4.14. The molecule has 0 spiro atoms. The lowest BCUT2D eigenvalue weighted by Crippen LogP contribution is -2.03. The molecule has 1 heterocycles. The second kappa shape index (κ2) is 6.41. The topological polar surface area (TPSA) is 59.7 Å². The van der Waals surface area contributed by atoms with Gasteiger partial charge >= 0.3 is 0 Å². The third-order valence-corrected chi connectivity index (χ3v) is 4.70. The minimum atomic E-state index is -0.244. The molecule has 126 valence electrons. The zero-order chi connectivity index (χ0) is 17.4. The number of phenols is 1. The Morgan fingerprint density at radius 2 is 1.80 bits per heavy atom. The van der Waals surface area contributed by atoms with Crippen molar-refractivity contribution in [2.45, 2.75) is 6.42 Å². The Morgan fingerprint density at radius 3 is 2.56 bits per heavy atom. The summed E-state index contributed by atoms with van der Waals surface area (Å²) in [5.74, 6) is 0.351. The molecule has 0 unspecified atom stereocenters. The number of alkyl halides is 1. The second-order valence-electron chi connectivity index (χ2n) is 5.83. The highest BCUT2D eigenvalue weighted by Crippen LogP contribution is 2.31. The maximum absolute atomic E-state index is 12.9. The molecule has 4 rings (SSSR count). The summed E-state index contributed by atoms with van der Waals surface area (Å²) in [6, 6.07) is 14.5. The highest BCUT2D eigenvalue weighted by atomic mass is 79.9. The molecule has 25 heavy (non-hydrogen) atoms. The molecule has 1 N–H and O–H groups in total. The van der Waals surface area contributed by atoms with Crippen molar-refractivity contribution in [2.24, 2.45) is 0 Å². The van der Waals surface area contributed by atoms with Gasteiger partial charge in [-0.15, -0.1) is 0 Å². The molecule has 0 bridgehead atoms. The molecule has 4 nitrogen and oxygen atoms in total. The Hall–Kier alpha value is -2.53. The van der Waals surface area contributed by atoms with E-state index in [1.165, 1.54) is 6.07 Å². The fourth-order valence-corrected chi connectivity index (χ4v) is 3.18. The van der Waals surface area contributed by atoms with Crippen molar-refractivity contribution in [3.8, 4) is 11.5 Å². The summed E-state index contributed by atoms with van der Waals surface area (Å²) in [6.07, 6.45) is 0.840. The molecule has 1 aromatic heterocycles. The van der Waals surface area contributed by atoms with E-state index in [1.54, 1.807) is 12.1 Å². The number of hydrogen-bond donors (Lipinski definition) is 1. The molecular weight excluding hydrogens is 384 g/mol. The normalized spacial score (nSPS) is 11.4. The lowest BCUT2D eigenvalue weighted by atomic mass is 10.1. The van der Waals surface area contributed by atoms with Crippen LogP contribution in [-0.2, 0) is 0 Å². The van der Waals surface area contributed by atoms with Crippen LogP contribution in [0.25, 0.3) is 32.7 Å². The van der Waals surface area contributed by atoms with Gasteiger partial charge in [0.15, 0.2) is 0 Å². The Bertz CT molecular complexity index is 1150. The lowest BCUT2D eigenvalue weighted by molar-refractivity contribution is 0.317. The molecule has 0 fully saturated rings. The molecule has 0 saturated heterocycles. The molecular formula is C20H15BrO4. The van der Waals surface area contributed by atoms with Crippen molar-refractivity contribution in [1.29, 1.82) is 0 Å². The van der Waals surface area contributed by atoms with E-state index in [-0.39, 0.29) is 16.6 Å². The molecule has 0 radical (unpaired) electrons. The smallest absolute Gasteiger partial charge is 0.204 e. The van der Waals surface area contributed by atoms with Crippen LogP contribution >= 0.6 is 15.9 Å². The summed E-state index contributed by atoms with van der Waals surface area (Å²) in [6.45, 7) is 0.513. The molecule has 0 aliphatic heterocycles. The van der Waals surface area contributed by atoms with Crippen LogP contribution in [0.4, 0.5) is 0 Å². The van der Waals surface area contributed by atoms with E-state index in [0.29, 0.717) is 28.9 Å². The highest BCUT2D eigenvalue weighted by molar-refractivity contribution is 9.09. The SMILES string of the molecule is O=c1c2cc3ccccc3cc2oc2cc(OCCCBr)cc(O)c12. The maximum atomic E-state index is 12.9. The third kappa shape index (κ3) is 2.85. The van der Waals surface area contributed by atoms with Crippen molar-refractivity contribution in [3.05, 3.63) is 58.8 Å². The highest BCUT2D eigenvalue weighted by Gasteiger charge is 2.14. The predicted octanol–water partition coefficient (Wildman–Crippen LogP) is 4.97. The van der Waals surface area contributed by atoms with Gasteiger partial charge in [-0.05, 0) is 29.3 Å². The summed E-state index contributed by atoms with van der Waals surface area (Å²) in [5.41, 5.74) is 0.571. The van der Waals surface area contributed by atoms with Crippen molar-refractivity contribution in [2.75, 3.05) is 11.9 Å². The fraction of sp³-hybridized carbons (Fsp3) is 0.150. The number of benzene rings is 3. The van der Waals surface area contributed by atoms with Crippen LogP contribution in [0.15, 0.2) is 57.7 Å². The summed E-state index contributed by atoms with van der Waals surface area (Å²) < 4.78 is 11.5. The first-order valence-electron chi connectivity index (χ1n) is 7.98. The second-order valence-corrected chi connectivity index (χ2v) is 6.63. The molecule has 4 aromatic rings. The number of rotatable bonds is 4. The number of halogens is 1. The molecule has 0 atom stereocenters. The quantitative estimate of drug-likeness (QED) is 0.299. The average Bonchev–Trinajstić information content (AvgIpc) is 2.60. The van der Waals surface area contributed by atoms with Crippen LogP contribution < -0.4 is 10.2 Å². The molecule has 5 heteroatoms. The van der Waals surface area contributed by atoms with Gasteiger partial charge in [0.2, 0.25) is 5.43 Å². The van der Waals surface area contributed by atoms with Crippen molar-refractivity contribution in [1.82, 2.24) is 0 Å². The predicted molar refractivity (Wildman–Crippen MR) is 103 cm³/mol. The van der Waals surface area contributed by atoms with Gasteiger partial charge in [0.05, 0.1) is 12.0 Å². The van der Waals surface area contributed by atoms with E-state index in [2.05, 4.69) is 15.9 Å². The van der Waals surface area contributed by atoms with E-state index in [1.807, 2.05) is 30.3 Å². The monoisotopic (exact) mass is 398 g/mol. The molecule has 0 saturated carbocycles. The van der Waals surface area contributed by atoms with Crippen molar-refractivity contribution in [3.63, 3.8) is 0 Å². The van der Waals surface area contributed by atoms with Gasteiger partial charge in [-0.2, -0.15) is 0 Å². The van der Waals surface area contributed by atoms with Gasteiger partial charge in [0.25, 0.3) is 0 Å². The number of phenolic OH excluding ortho intramolecular Hbond substituents is 1. The minimum absolute atomic E-state index is 0.129. The zero-order valence-corrected chi connectivity index (χ0v) is 14.9. The van der Waals surface area contributed by atoms with Gasteiger partial charge < -0.3 is 14.3 Å². The van der Waals surface area contributed by atoms with Crippen LogP contribution in [0.2, 0.25) is 0 Å². The van der Waals surface area contributed by atoms with Crippen LogP contribution in [0.1, 0.15) is 6.42 Å². The van der Waals surface area contributed by atoms with Crippen LogP contribution in [0, 0.1) is 0 Å². The van der Waals surface area contributed by atoms with E-state index in [4.69, 9.17) is 9.15 Å². The molecule has 3 aromatic carbocycles. The Kier molecular flexibility index (Phi) is 4.09. The average molecular weight is 399 g/mol. The minimum Gasteiger partial charge on any atom is -0.507 e. The van der Waals surface area contributed by atoms with Gasteiger partial charge in [0, 0.05) is 17.5 Å². The van der Waals surface area contributed by atoms with E-state index in [9.17, 15) is 9.90 Å². The van der Waals surface area contributed by atoms with Gasteiger partial charge in [-0.3, -0.25) is 4.79 Å². The van der Waals surface area contributed by atoms with Gasteiger partial charge in [0.1, 0.15) is 28.1 Å². The standard InChI is InChI=1S/C20H15BrO4/c21-6-3-7-24-14-10-16(22)19-18(11-14)25-17-9-13-5-2-1-4-12(13)8-15(17)20(19)23/h1-2,4-5,8-11,22H,3,6-7H2. The van der Waals surface area contributed by atoms with E-state index < -0.39 is 0 Å². The Morgan fingerprint density at radius 1 is 1.04 bits per heavy atom. The van der Waals surface area contributed by atoms with Crippen molar-refractivity contribution >= 4 is 48.6 Å². The summed E-state index contributed by atoms with van der Waals surface area (Å²) in [5, 5.41) is 13.7. The molecule has 0 aliphatic carbocycles. The number of hydrogen-bond acceptors (Lipinski definition) is 4. The molecule has 0 amide bonds. The van der Waals surface area contributed by atoms with E-state index >= 15 is 0 Å². The van der Waals surface area contributed by atoms with Crippen LogP contribution in [0.3, 0.4) is 0 Å². The fourth-order valence-electron chi connectivity index (χ4n) is 2.95. The van der Waals surface area contributed by atoms with Crippen LogP contribution in [-0.4, -0.2) is 17.0 Å². The number of ether oxygens (including phenoxy) is 1. The lowest BCUT2D eigenvalue weighted by Gasteiger charge is -2.09. The van der Waals surface area contributed by atoms with Gasteiger partial charge in [-0.25, -0.2) is 0 Å². The summed E-state index contributed by atoms with van der Waals surface area (Å²) in [7, 11) is 0. The Balaban J connectivity index is 1.96. The number of fused-ring (bicyclic) bond motifs is 3. The Labute approximate surface area is 151 Å². The maximum Gasteiger partial charge on any atom is 0.204 e. The first kappa shape index (κ1) is 16.0. The summed E-state index contributed by atoms with van der Waals surface area (Å²) >= 11 is 3.34.